The van der Waals surface area contributed by atoms with Gasteiger partial charge in [-0.3, -0.25) is 9.59 Å². The smallest absolute Gasteiger partial charge is 0.303 e. The lowest BCUT2D eigenvalue weighted by Gasteiger charge is -2.36. The van der Waals surface area contributed by atoms with Crippen molar-refractivity contribution in [3.05, 3.63) is 29.3 Å². The molecule has 26 heavy (non-hydrogen) atoms. The second kappa shape index (κ2) is 10.2. The third-order valence-corrected chi connectivity index (χ3v) is 5.13. The fourth-order valence-corrected chi connectivity index (χ4v) is 3.83. The molecule has 1 amide bonds. The van der Waals surface area contributed by atoms with Gasteiger partial charge in [-0.2, -0.15) is 0 Å². The van der Waals surface area contributed by atoms with Crippen LogP contribution in [0.2, 0.25) is 0 Å². The molecule has 0 radical (unpaired) electrons. The number of unbranched alkanes of at least 4 members (excludes halogenated alkanes) is 2. The van der Waals surface area contributed by atoms with Crippen LogP contribution in [0.4, 0.5) is 0 Å². The summed E-state index contributed by atoms with van der Waals surface area (Å²) in [6, 6.07) is 6.06. The number of carboxylic acids is 1. The number of methoxy groups -OCH3 is 1. The molecule has 1 aromatic carbocycles. The highest BCUT2D eigenvalue weighted by Crippen LogP contribution is 2.39. The lowest BCUT2D eigenvalue weighted by molar-refractivity contribution is -0.139. The minimum atomic E-state index is -0.811. The second-order valence-corrected chi connectivity index (χ2v) is 6.98. The fourth-order valence-electron chi connectivity index (χ4n) is 3.83. The van der Waals surface area contributed by atoms with E-state index < -0.39 is 5.97 Å². The quantitative estimate of drug-likeness (QED) is 0.629. The minimum absolute atomic E-state index is 0.0248. The van der Waals surface area contributed by atoms with Crippen LogP contribution in [-0.4, -0.2) is 35.5 Å². The van der Waals surface area contributed by atoms with Crippen molar-refractivity contribution in [3.8, 4) is 5.75 Å². The van der Waals surface area contributed by atoms with Crippen LogP contribution in [0.5, 0.6) is 5.75 Å². The van der Waals surface area contributed by atoms with Gasteiger partial charge in [0.2, 0.25) is 5.91 Å². The van der Waals surface area contributed by atoms with Crippen LogP contribution >= 0.6 is 0 Å². The lowest BCUT2D eigenvalue weighted by atomic mass is 9.85. The van der Waals surface area contributed by atoms with E-state index in [-0.39, 0.29) is 18.4 Å². The molecule has 1 N–H and O–H groups in total. The Morgan fingerprint density at radius 1 is 1.23 bits per heavy atom. The van der Waals surface area contributed by atoms with Crippen LogP contribution in [0.1, 0.15) is 75.5 Å². The molecule has 1 unspecified atom stereocenters. The molecule has 0 aliphatic heterocycles. The molecule has 0 fully saturated rings. The van der Waals surface area contributed by atoms with Gasteiger partial charge >= 0.3 is 5.97 Å². The molecule has 1 aliphatic carbocycles. The molecule has 5 heteroatoms. The summed E-state index contributed by atoms with van der Waals surface area (Å²) in [6.45, 7) is 2.62. The van der Waals surface area contributed by atoms with Gasteiger partial charge in [0.1, 0.15) is 5.75 Å². The third kappa shape index (κ3) is 5.23. The molecule has 0 heterocycles. The van der Waals surface area contributed by atoms with Gasteiger partial charge in [0.05, 0.1) is 13.2 Å². The molecule has 2 rings (SSSR count). The number of ether oxygens (including phenoxy) is 1. The van der Waals surface area contributed by atoms with E-state index in [4.69, 9.17) is 9.84 Å². The minimum Gasteiger partial charge on any atom is -0.496 e. The zero-order valence-electron chi connectivity index (χ0n) is 16.0. The van der Waals surface area contributed by atoms with E-state index in [1.165, 1.54) is 5.56 Å². The number of carbonyl (C=O) groups is 2. The van der Waals surface area contributed by atoms with Gasteiger partial charge in [0, 0.05) is 19.4 Å². The van der Waals surface area contributed by atoms with Crippen molar-refractivity contribution >= 4 is 11.9 Å². The largest absolute Gasteiger partial charge is 0.496 e. The van der Waals surface area contributed by atoms with Crippen molar-refractivity contribution in [2.75, 3.05) is 13.7 Å². The van der Waals surface area contributed by atoms with Crippen LogP contribution in [0.3, 0.4) is 0 Å². The summed E-state index contributed by atoms with van der Waals surface area (Å²) in [7, 11) is 1.68. The summed E-state index contributed by atoms with van der Waals surface area (Å²) in [4.78, 5) is 25.7. The van der Waals surface area contributed by atoms with Crippen molar-refractivity contribution < 1.29 is 19.4 Å². The average Bonchev–Trinajstić information content (AvgIpc) is 2.64. The monoisotopic (exact) mass is 361 g/mol. The molecule has 0 aromatic heterocycles. The maximum Gasteiger partial charge on any atom is 0.303 e. The third-order valence-electron chi connectivity index (χ3n) is 5.13. The SMILES string of the molecule is CCCCCC(=O)N(CCCC(=O)O)C1CCCc2c(OC)cccc21. The van der Waals surface area contributed by atoms with Crippen molar-refractivity contribution in [2.45, 2.75) is 70.8 Å². The molecule has 1 atom stereocenters. The van der Waals surface area contributed by atoms with Crippen molar-refractivity contribution in [1.82, 2.24) is 4.90 Å². The molecule has 5 nitrogen and oxygen atoms in total. The molecule has 0 spiro atoms. The van der Waals surface area contributed by atoms with E-state index in [9.17, 15) is 9.59 Å². The number of hydrogen-bond donors (Lipinski definition) is 1. The second-order valence-electron chi connectivity index (χ2n) is 6.98. The average molecular weight is 361 g/mol. The predicted octanol–water partition coefficient (Wildman–Crippen LogP) is 4.35. The molecule has 0 saturated carbocycles. The Morgan fingerprint density at radius 3 is 2.73 bits per heavy atom. The van der Waals surface area contributed by atoms with Crippen LogP contribution in [-0.2, 0) is 16.0 Å². The highest BCUT2D eigenvalue weighted by molar-refractivity contribution is 5.77. The number of nitrogens with zero attached hydrogens (tertiary/aromatic N) is 1. The normalized spacial score (nSPS) is 16.0. The summed E-state index contributed by atoms with van der Waals surface area (Å²) in [5, 5.41) is 8.95. The van der Waals surface area contributed by atoms with E-state index >= 15 is 0 Å². The molecule has 144 valence electrons. The number of fused-ring (bicyclic) bond motifs is 1. The topological polar surface area (TPSA) is 66.8 Å². The summed E-state index contributed by atoms with van der Waals surface area (Å²) in [5.41, 5.74) is 2.35. The Hall–Kier alpha value is -2.04. The molecule has 1 aliphatic rings. The highest BCUT2D eigenvalue weighted by Gasteiger charge is 2.30. The Balaban J connectivity index is 2.21. The zero-order chi connectivity index (χ0) is 18.9. The number of benzene rings is 1. The van der Waals surface area contributed by atoms with Crippen molar-refractivity contribution in [3.63, 3.8) is 0 Å². The Morgan fingerprint density at radius 2 is 2.04 bits per heavy atom. The first-order valence-electron chi connectivity index (χ1n) is 9.75. The van der Waals surface area contributed by atoms with Crippen LogP contribution in [0, 0.1) is 0 Å². The zero-order valence-corrected chi connectivity index (χ0v) is 16.0. The first kappa shape index (κ1) is 20.3. The summed E-state index contributed by atoms with van der Waals surface area (Å²) < 4.78 is 5.51. The van der Waals surface area contributed by atoms with Crippen LogP contribution in [0.15, 0.2) is 18.2 Å². The first-order chi connectivity index (χ1) is 12.6. The van der Waals surface area contributed by atoms with E-state index in [1.54, 1.807) is 7.11 Å². The van der Waals surface area contributed by atoms with Gasteiger partial charge in [-0.05, 0) is 49.3 Å². The number of carbonyl (C=O) groups excluding carboxylic acids is 1. The first-order valence-corrected chi connectivity index (χ1v) is 9.75. The van der Waals surface area contributed by atoms with Crippen LogP contribution in [0.25, 0.3) is 0 Å². The maximum absolute atomic E-state index is 12.9. The number of amides is 1. The van der Waals surface area contributed by atoms with Crippen molar-refractivity contribution in [1.29, 1.82) is 0 Å². The van der Waals surface area contributed by atoms with Gasteiger partial charge in [-0.15, -0.1) is 0 Å². The van der Waals surface area contributed by atoms with Gasteiger partial charge in [0.15, 0.2) is 0 Å². The molecule has 1 aromatic rings. The van der Waals surface area contributed by atoms with Gasteiger partial charge < -0.3 is 14.7 Å². The number of carboxylic acid groups (broad SMARTS) is 1. The van der Waals surface area contributed by atoms with Gasteiger partial charge in [0.25, 0.3) is 0 Å². The van der Waals surface area contributed by atoms with E-state index in [0.29, 0.717) is 19.4 Å². The van der Waals surface area contributed by atoms with Gasteiger partial charge in [-0.1, -0.05) is 31.9 Å². The fraction of sp³-hybridized carbons (Fsp3) is 0.619. The Bertz CT molecular complexity index is 614. The lowest BCUT2D eigenvalue weighted by Crippen LogP contribution is -2.37. The summed E-state index contributed by atoms with van der Waals surface area (Å²) in [5.74, 6) is 0.217. The van der Waals surface area contributed by atoms with E-state index in [1.807, 2.05) is 17.0 Å². The molecular formula is C21H31NO4. The summed E-state index contributed by atoms with van der Waals surface area (Å²) in [6.07, 6.45) is 7.03. The van der Waals surface area contributed by atoms with E-state index in [0.717, 1.165) is 49.8 Å². The van der Waals surface area contributed by atoms with Crippen LogP contribution < -0.4 is 4.74 Å². The molecule has 0 saturated heterocycles. The number of rotatable bonds is 10. The number of hydrogen-bond acceptors (Lipinski definition) is 3. The Labute approximate surface area is 156 Å². The summed E-state index contributed by atoms with van der Waals surface area (Å²) >= 11 is 0. The van der Waals surface area contributed by atoms with Crippen molar-refractivity contribution in [2.24, 2.45) is 0 Å². The van der Waals surface area contributed by atoms with Gasteiger partial charge in [-0.25, -0.2) is 0 Å². The van der Waals surface area contributed by atoms with E-state index in [2.05, 4.69) is 13.0 Å². The highest BCUT2D eigenvalue weighted by atomic mass is 16.5. The molecular weight excluding hydrogens is 330 g/mol. The maximum atomic E-state index is 12.9. The molecule has 0 bridgehead atoms. The predicted molar refractivity (Wildman–Crippen MR) is 101 cm³/mol. The standard InChI is InChI=1S/C21H31NO4/c1-3-4-5-13-20(23)22(15-8-14-21(24)25)18-11-6-10-17-16(18)9-7-12-19(17)26-2/h7,9,12,18H,3-6,8,10-11,13-15H2,1-2H3,(H,24,25). The number of aliphatic carboxylic acids is 1. The Kier molecular flexibility index (Phi) is 7.95.